The first-order valence-electron chi connectivity index (χ1n) is 16.3. The molecule has 0 aromatic carbocycles. The summed E-state index contributed by atoms with van der Waals surface area (Å²) in [6.45, 7) is 15.2. The lowest BCUT2D eigenvalue weighted by Gasteiger charge is -2.58. The number of allylic oxidation sites excluding steroid dienone is 1. The van der Waals surface area contributed by atoms with Crippen molar-refractivity contribution in [2.24, 2.45) is 46.3 Å². The maximum atomic E-state index is 10.2. The quantitative estimate of drug-likeness (QED) is 0.218. The van der Waals surface area contributed by atoms with Crippen LogP contribution >= 0.6 is 0 Å². The molecule has 3 saturated carbocycles. The molecule has 0 spiro atoms. The predicted molar refractivity (Wildman–Crippen MR) is 157 cm³/mol. The fourth-order valence-electron chi connectivity index (χ4n) is 9.41. The smallest absolute Gasteiger partial charge is 0.393 e. The Hall–Kier alpha value is -1.03. The Bertz CT molecular complexity index is 778. The Morgan fingerprint density at radius 1 is 1.00 bits per heavy atom. The number of aliphatic hydroxyl groups excluding tert-OH is 1. The van der Waals surface area contributed by atoms with Gasteiger partial charge in [0.25, 0.3) is 0 Å². The van der Waals surface area contributed by atoms with E-state index < -0.39 is 6.09 Å². The fourth-order valence-corrected chi connectivity index (χ4v) is 9.41. The molecule has 38 heavy (non-hydrogen) atoms. The zero-order chi connectivity index (χ0) is 27.9. The van der Waals surface area contributed by atoms with Gasteiger partial charge in [0, 0.05) is 6.54 Å². The number of amides is 1. The van der Waals surface area contributed by atoms with Crippen molar-refractivity contribution in [1.29, 1.82) is 0 Å². The Balaban J connectivity index is 0.000000342. The Morgan fingerprint density at radius 3 is 2.45 bits per heavy atom. The van der Waals surface area contributed by atoms with E-state index in [4.69, 9.17) is 0 Å². The summed E-state index contributed by atoms with van der Waals surface area (Å²) in [4.78, 5) is 9.81. The topological polar surface area (TPSA) is 69.2 Å². The van der Waals surface area contributed by atoms with E-state index in [2.05, 4.69) is 52.9 Å². The van der Waals surface area contributed by atoms with Crippen LogP contribution in [0.5, 0.6) is 0 Å². The van der Waals surface area contributed by atoms with E-state index in [0.717, 1.165) is 61.2 Å². The van der Waals surface area contributed by atoms with Gasteiger partial charge < -0.3 is 10.4 Å². The first-order valence-corrected chi connectivity index (χ1v) is 16.3. The molecule has 4 rings (SSSR count). The van der Waals surface area contributed by atoms with E-state index in [1.165, 1.54) is 70.6 Å². The third-order valence-electron chi connectivity index (χ3n) is 11.6. The number of nitrogens with one attached hydrogen (secondary N) is 1. The monoisotopic (exact) mass is 530 g/mol. The number of carbonyl (C=O) groups is 1. The maximum absolute atomic E-state index is 10.2. The second kappa shape index (κ2) is 14.0. The van der Waals surface area contributed by atoms with Gasteiger partial charge in [0.05, 0.1) is 6.10 Å². The van der Waals surface area contributed by atoms with Crippen molar-refractivity contribution in [2.45, 2.75) is 144 Å². The zero-order valence-corrected chi connectivity index (χ0v) is 25.7. The van der Waals surface area contributed by atoms with Gasteiger partial charge in [0.15, 0.2) is 0 Å². The van der Waals surface area contributed by atoms with Crippen molar-refractivity contribution in [2.75, 3.05) is 6.54 Å². The Morgan fingerprint density at radius 2 is 1.76 bits per heavy atom. The fraction of sp³-hybridized carbons (Fsp3) is 0.912. The molecule has 0 saturated heterocycles. The third-order valence-corrected chi connectivity index (χ3v) is 11.6. The van der Waals surface area contributed by atoms with E-state index in [-0.39, 0.29) is 6.10 Å². The molecule has 1 radical (unpaired) electrons. The van der Waals surface area contributed by atoms with Crippen LogP contribution in [0.15, 0.2) is 11.6 Å². The van der Waals surface area contributed by atoms with Crippen LogP contribution in [0.2, 0.25) is 0 Å². The lowest BCUT2D eigenvalue weighted by Crippen LogP contribution is -2.50. The number of hydrogen-bond acceptors (Lipinski definition) is 2. The van der Waals surface area contributed by atoms with Gasteiger partial charge in [0.2, 0.25) is 0 Å². The second-order valence-electron chi connectivity index (χ2n) is 14.5. The summed E-state index contributed by atoms with van der Waals surface area (Å²) in [5.74, 6) is 5.46. The standard InChI is InChI=1S/C27H46O.C7H14NO2/c1-18(2)7-6-8-19(3)23-11-12-24-22-10-9-20-17-21(28)13-15-26(20,4)25(22)14-16-27(23,24)5;1-2-3-4-5-6-8-7(9)10/h9,18-19,21-25,28H,6-8,10-17H2,1-5H3;8H,2-6H2,1H3/t19?,21-,22-,23+,24-,25-,26-,27+;/m0./s1. The van der Waals surface area contributed by atoms with E-state index in [1.807, 2.05) is 0 Å². The van der Waals surface area contributed by atoms with E-state index in [0.29, 0.717) is 17.4 Å². The summed E-state index contributed by atoms with van der Waals surface area (Å²) in [5.41, 5.74) is 2.60. The third kappa shape index (κ3) is 7.38. The lowest BCUT2D eigenvalue weighted by atomic mass is 9.47. The molecule has 4 aliphatic rings. The van der Waals surface area contributed by atoms with Crippen LogP contribution in [0.4, 0.5) is 4.79 Å². The van der Waals surface area contributed by atoms with Crippen LogP contribution < -0.4 is 5.32 Å². The molecule has 0 bridgehead atoms. The molecule has 3 fully saturated rings. The highest BCUT2D eigenvalue weighted by molar-refractivity contribution is 5.63. The second-order valence-corrected chi connectivity index (χ2v) is 14.5. The molecule has 0 aliphatic heterocycles. The van der Waals surface area contributed by atoms with Crippen LogP contribution in [0.3, 0.4) is 0 Å². The molecule has 219 valence electrons. The normalized spacial score (nSPS) is 36.7. The maximum Gasteiger partial charge on any atom is 0.450 e. The number of hydrogen-bond donors (Lipinski definition) is 2. The van der Waals surface area contributed by atoms with Crippen molar-refractivity contribution in [3.63, 3.8) is 0 Å². The van der Waals surface area contributed by atoms with Crippen molar-refractivity contribution < 1.29 is 15.0 Å². The molecule has 0 heterocycles. The minimum atomic E-state index is -1.17. The molecule has 1 amide bonds. The van der Waals surface area contributed by atoms with Crippen molar-refractivity contribution in [1.82, 2.24) is 5.32 Å². The van der Waals surface area contributed by atoms with Crippen LogP contribution in [-0.2, 0) is 5.11 Å². The summed E-state index contributed by atoms with van der Waals surface area (Å²) in [6.07, 6.45) is 20.4. The number of unbranched alkanes of at least 4 members (excludes halogenated alkanes) is 3. The van der Waals surface area contributed by atoms with Gasteiger partial charge in [-0.05, 0) is 104 Å². The SMILES string of the molecule is CC(C)CCCC(C)[C@H]1CC[C@H]2[C@@H]3CC=C4C[C@@H](O)CC[C@]4(C)[C@H]3CC[C@]12C.CCCCCCNC([O])=O. The number of fused-ring (bicyclic) bond motifs is 5. The summed E-state index contributed by atoms with van der Waals surface area (Å²) < 4.78 is 0. The van der Waals surface area contributed by atoms with Gasteiger partial charge in [-0.2, -0.15) is 0 Å². The van der Waals surface area contributed by atoms with Gasteiger partial charge in [0.1, 0.15) is 0 Å². The molecule has 0 aromatic rings. The summed E-state index contributed by atoms with van der Waals surface area (Å²) in [6, 6.07) is 0. The molecular formula is C34H60NO3. The van der Waals surface area contributed by atoms with Crippen LogP contribution in [-0.4, -0.2) is 23.8 Å². The van der Waals surface area contributed by atoms with Gasteiger partial charge in [-0.3, -0.25) is 0 Å². The van der Waals surface area contributed by atoms with Gasteiger partial charge in [-0.25, -0.2) is 9.90 Å². The Labute approximate surface area is 234 Å². The van der Waals surface area contributed by atoms with Crippen molar-refractivity contribution >= 4 is 6.09 Å². The van der Waals surface area contributed by atoms with Crippen molar-refractivity contribution in [3.05, 3.63) is 11.6 Å². The minimum Gasteiger partial charge on any atom is -0.393 e. The lowest BCUT2D eigenvalue weighted by molar-refractivity contribution is -0.0573. The average molecular weight is 531 g/mol. The highest BCUT2D eigenvalue weighted by Crippen LogP contribution is 2.67. The number of rotatable bonds is 10. The predicted octanol–water partition coefficient (Wildman–Crippen LogP) is 9.10. The Kier molecular flexibility index (Phi) is 11.6. The summed E-state index contributed by atoms with van der Waals surface area (Å²) >= 11 is 0. The average Bonchev–Trinajstić information content (AvgIpc) is 3.21. The first kappa shape index (κ1) is 31.5. The van der Waals surface area contributed by atoms with Gasteiger partial charge >= 0.3 is 6.09 Å². The highest BCUT2D eigenvalue weighted by Gasteiger charge is 2.59. The molecule has 0 aromatic heterocycles. The number of carbonyl (C=O) groups excluding carboxylic acids is 1. The number of aliphatic hydroxyl groups is 1. The van der Waals surface area contributed by atoms with Crippen LogP contribution in [0, 0.1) is 46.3 Å². The van der Waals surface area contributed by atoms with Crippen LogP contribution in [0.25, 0.3) is 0 Å². The van der Waals surface area contributed by atoms with Gasteiger partial charge in [-0.1, -0.05) is 91.7 Å². The molecule has 4 aliphatic carbocycles. The summed E-state index contributed by atoms with van der Waals surface area (Å²) in [5, 5.41) is 22.2. The molecule has 4 heteroatoms. The summed E-state index contributed by atoms with van der Waals surface area (Å²) in [7, 11) is 0. The largest absolute Gasteiger partial charge is 0.450 e. The molecule has 4 nitrogen and oxygen atoms in total. The van der Waals surface area contributed by atoms with Crippen LogP contribution in [0.1, 0.15) is 138 Å². The van der Waals surface area contributed by atoms with E-state index >= 15 is 0 Å². The van der Waals surface area contributed by atoms with Crippen molar-refractivity contribution in [3.8, 4) is 0 Å². The van der Waals surface area contributed by atoms with E-state index in [9.17, 15) is 15.0 Å². The molecule has 1 unspecified atom stereocenters. The molecule has 8 atom stereocenters. The van der Waals surface area contributed by atoms with Gasteiger partial charge in [-0.15, -0.1) is 0 Å². The molecular weight excluding hydrogens is 470 g/mol. The van der Waals surface area contributed by atoms with E-state index in [1.54, 1.807) is 5.57 Å². The highest BCUT2D eigenvalue weighted by atomic mass is 16.4. The first-order chi connectivity index (χ1) is 18.0. The molecule has 2 N–H and O–H groups in total. The minimum absolute atomic E-state index is 0.0766. The zero-order valence-electron chi connectivity index (χ0n) is 25.7.